The van der Waals surface area contributed by atoms with Gasteiger partial charge in [0.1, 0.15) is 0 Å². The third kappa shape index (κ3) is 2.75. The Labute approximate surface area is 140 Å². The van der Waals surface area contributed by atoms with Gasteiger partial charge in [0, 0.05) is 37.1 Å². The van der Waals surface area contributed by atoms with Gasteiger partial charge in [-0.2, -0.15) is 5.10 Å². The Balaban J connectivity index is 1.50. The average Bonchev–Trinajstić information content (AvgIpc) is 3.21. The standard InChI is InChI=1S/C17H19ClN4O/c18-15-4-2-1-3-14(15)12-5-7-21(11-12)17(23)16-9-13-10-19-6-8-22(13)20-16/h1-4,9,12,19H,5-8,10-11H2/t12-/m0/s1. The molecular weight excluding hydrogens is 312 g/mol. The van der Waals surface area contributed by atoms with Gasteiger partial charge in [-0.3, -0.25) is 9.48 Å². The molecule has 2 aliphatic heterocycles. The molecule has 23 heavy (non-hydrogen) atoms. The zero-order chi connectivity index (χ0) is 15.8. The van der Waals surface area contributed by atoms with Gasteiger partial charge in [0.05, 0.1) is 12.2 Å². The first kappa shape index (κ1) is 14.7. The average molecular weight is 331 g/mol. The molecule has 4 rings (SSSR count). The van der Waals surface area contributed by atoms with Crippen molar-refractivity contribution in [3.63, 3.8) is 0 Å². The summed E-state index contributed by atoms with van der Waals surface area (Å²) in [7, 11) is 0. The summed E-state index contributed by atoms with van der Waals surface area (Å²) in [6.07, 6.45) is 0.949. The Morgan fingerprint density at radius 1 is 1.30 bits per heavy atom. The zero-order valence-electron chi connectivity index (χ0n) is 12.8. The lowest BCUT2D eigenvalue weighted by molar-refractivity contribution is 0.0784. The van der Waals surface area contributed by atoms with Crippen molar-refractivity contribution in [2.24, 2.45) is 0 Å². The van der Waals surface area contributed by atoms with E-state index in [1.54, 1.807) is 0 Å². The predicted molar refractivity (Wildman–Crippen MR) is 88.6 cm³/mol. The van der Waals surface area contributed by atoms with Gasteiger partial charge in [0.25, 0.3) is 5.91 Å². The van der Waals surface area contributed by atoms with Crippen molar-refractivity contribution in [1.82, 2.24) is 20.0 Å². The van der Waals surface area contributed by atoms with E-state index in [1.165, 1.54) is 0 Å². The number of aromatic nitrogens is 2. The van der Waals surface area contributed by atoms with Crippen LogP contribution in [0.1, 0.15) is 34.1 Å². The van der Waals surface area contributed by atoms with Crippen LogP contribution >= 0.6 is 11.6 Å². The minimum absolute atomic E-state index is 0.0291. The van der Waals surface area contributed by atoms with E-state index in [1.807, 2.05) is 33.8 Å². The highest BCUT2D eigenvalue weighted by molar-refractivity contribution is 6.31. The van der Waals surface area contributed by atoms with Crippen LogP contribution < -0.4 is 5.32 Å². The number of benzene rings is 1. The zero-order valence-corrected chi connectivity index (χ0v) is 13.6. The van der Waals surface area contributed by atoms with Crippen LogP contribution in [0.3, 0.4) is 0 Å². The summed E-state index contributed by atoms with van der Waals surface area (Å²) in [5, 5.41) is 8.55. The van der Waals surface area contributed by atoms with Gasteiger partial charge in [0.2, 0.25) is 0 Å². The molecule has 1 aromatic heterocycles. The Morgan fingerprint density at radius 2 is 2.17 bits per heavy atom. The van der Waals surface area contributed by atoms with Crippen molar-refractivity contribution >= 4 is 17.5 Å². The third-order valence-corrected chi connectivity index (χ3v) is 5.05. The summed E-state index contributed by atoms with van der Waals surface area (Å²) in [4.78, 5) is 14.6. The van der Waals surface area contributed by atoms with Crippen LogP contribution in [-0.4, -0.2) is 40.2 Å². The largest absolute Gasteiger partial charge is 0.337 e. The highest BCUT2D eigenvalue weighted by Crippen LogP contribution is 2.32. The number of likely N-dealkylation sites (tertiary alicyclic amines) is 1. The highest BCUT2D eigenvalue weighted by Gasteiger charge is 2.30. The Kier molecular flexibility index (Phi) is 3.83. The van der Waals surface area contributed by atoms with E-state index in [2.05, 4.69) is 16.5 Å². The summed E-state index contributed by atoms with van der Waals surface area (Å²) in [6.45, 7) is 3.98. The van der Waals surface area contributed by atoms with E-state index in [0.717, 1.165) is 48.9 Å². The molecule has 0 aliphatic carbocycles. The molecular formula is C17H19ClN4O. The molecule has 0 radical (unpaired) electrons. The lowest BCUT2D eigenvalue weighted by atomic mass is 9.98. The highest BCUT2D eigenvalue weighted by atomic mass is 35.5. The van der Waals surface area contributed by atoms with Crippen molar-refractivity contribution < 1.29 is 4.79 Å². The number of rotatable bonds is 2. The second-order valence-corrected chi connectivity index (χ2v) is 6.59. The summed E-state index contributed by atoms with van der Waals surface area (Å²) in [6, 6.07) is 9.83. The maximum atomic E-state index is 12.7. The molecule has 1 N–H and O–H groups in total. The molecule has 0 spiro atoms. The fourth-order valence-electron chi connectivity index (χ4n) is 3.46. The molecule has 1 atom stereocenters. The number of hydrogen-bond acceptors (Lipinski definition) is 3. The molecule has 0 unspecified atom stereocenters. The first-order valence-electron chi connectivity index (χ1n) is 8.03. The van der Waals surface area contributed by atoms with E-state index in [4.69, 9.17) is 11.6 Å². The summed E-state index contributed by atoms with van der Waals surface area (Å²) in [5.74, 6) is 0.341. The van der Waals surface area contributed by atoms with Gasteiger partial charge in [0.15, 0.2) is 5.69 Å². The normalized spacial score (nSPS) is 20.6. The lowest BCUT2D eigenvalue weighted by Crippen LogP contribution is -2.29. The predicted octanol–water partition coefficient (Wildman–Crippen LogP) is 2.27. The van der Waals surface area contributed by atoms with Gasteiger partial charge >= 0.3 is 0 Å². The summed E-state index contributed by atoms with van der Waals surface area (Å²) < 4.78 is 1.94. The fourth-order valence-corrected chi connectivity index (χ4v) is 3.75. The smallest absolute Gasteiger partial charge is 0.274 e. The van der Waals surface area contributed by atoms with Crippen LogP contribution in [0.2, 0.25) is 5.02 Å². The van der Waals surface area contributed by atoms with Gasteiger partial charge in [-0.25, -0.2) is 0 Å². The van der Waals surface area contributed by atoms with Crippen LogP contribution in [0.4, 0.5) is 0 Å². The molecule has 120 valence electrons. The molecule has 3 heterocycles. The van der Waals surface area contributed by atoms with Crippen molar-refractivity contribution in [2.75, 3.05) is 19.6 Å². The number of carbonyl (C=O) groups excluding carboxylic acids is 1. The first-order chi connectivity index (χ1) is 11.2. The lowest BCUT2D eigenvalue weighted by Gasteiger charge is -2.16. The number of nitrogens with zero attached hydrogens (tertiary/aromatic N) is 3. The van der Waals surface area contributed by atoms with Gasteiger partial charge in [-0.1, -0.05) is 29.8 Å². The summed E-state index contributed by atoms with van der Waals surface area (Å²) in [5.41, 5.74) is 2.78. The minimum Gasteiger partial charge on any atom is -0.337 e. The Morgan fingerprint density at radius 3 is 3.00 bits per heavy atom. The van der Waals surface area contributed by atoms with Crippen LogP contribution in [-0.2, 0) is 13.1 Å². The van der Waals surface area contributed by atoms with E-state index < -0.39 is 0 Å². The molecule has 1 fully saturated rings. The van der Waals surface area contributed by atoms with E-state index in [0.29, 0.717) is 18.2 Å². The summed E-state index contributed by atoms with van der Waals surface area (Å²) >= 11 is 6.29. The maximum Gasteiger partial charge on any atom is 0.274 e. The quantitative estimate of drug-likeness (QED) is 0.919. The van der Waals surface area contributed by atoms with Crippen molar-refractivity contribution in [1.29, 1.82) is 0 Å². The Bertz CT molecular complexity index is 718. The molecule has 2 aliphatic rings. The topological polar surface area (TPSA) is 50.2 Å². The Hall–Kier alpha value is -1.85. The van der Waals surface area contributed by atoms with Crippen LogP contribution in [0, 0.1) is 0 Å². The second-order valence-electron chi connectivity index (χ2n) is 6.18. The molecule has 5 nitrogen and oxygen atoms in total. The monoisotopic (exact) mass is 330 g/mol. The van der Waals surface area contributed by atoms with Crippen molar-refractivity contribution in [3.8, 4) is 0 Å². The van der Waals surface area contributed by atoms with Gasteiger partial charge < -0.3 is 10.2 Å². The first-order valence-corrected chi connectivity index (χ1v) is 8.41. The molecule has 0 bridgehead atoms. The third-order valence-electron chi connectivity index (χ3n) is 4.71. The van der Waals surface area contributed by atoms with Crippen LogP contribution in [0.25, 0.3) is 0 Å². The fraction of sp³-hybridized carbons (Fsp3) is 0.412. The molecule has 1 saturated heterocycles. The number of nitrogens with one attached hydrogen (secondary N) is 1. The number of halogens is 1. The van der Waals surface area contributed by atoms with Crippen molar-refractivity contribution in [3.05, 3.63) is 52.3 Å². The number of hydrogen-bond donors (Lipinski definition) is 1. The molecule has 6 heteroatoms. The van der Waals surface area contributed by atoms with Crippen LogP contribution in [0.15, 0.2) is 30.3 Å². The van der Waals surface area contributed by atoms with Gasteiger partial charge in [-0.05, 0) is 24.1 Å². The van der Waals surface area contributed by atoms with Crippen molar-refractivity contribution in [2.45, 2.75) is 25.4 Å². The molecule has 1 aromatic carbocycles. The number of amides is 1. The number of carbonyl (C=O) groups is 1. The molecule has 2 aromatic rings. The van der Waals surface area contributed by atoms with E-state index >= 15 is 0 Å². The van der Waals surface area contributed by atoms with E-state index in [-0.39, 0.29) is 5.91 Å². The van der Waals surface area contributed by atoms with E-state index in [9.17, 15) is 4.79 Å². The second kappa shape index (κ2) is 5.98. The maximum absolute atomic E-state index is 12.7. The van der Waals surface area contributed by atoms with Crippen LogP contribution in [0.5, 0.6) is 0 Å². The molecule has 1 amide bonds. The SMILES string of the molecule is O=C(c1cc2n(n1)CCNC2)N1CC[C@H](c2ccccc2Cl)C1. The number of fused-ring (bicyclic) bond motifs is 1. The molecule has 0 saturated carbocycles. The minimum atomic E-state index is 0.0291. The van der Waals surface area contributed by atoms with Gasteiger partial charge in [-0.15, -0.1) is 0 Å².